The van der Waals surface area contributed by atoms with Crippen LogP contribution in [0.4, 0.5) is 0 Å². The Labute approximate surface area is 77.7 Å². The van der Waals surface area contributed by atoms with E-state index in [9.17, 15) is 0 Å². The third-order valence-electron chi connectivity index (χ3n) is 2.11. The fraction of sp³-hybridized carbons (Fsp3) is 0.889. The predicted molar refractivity (Wildman–Crippen MR) is 61.6 cm³/mol. The highest BCUT2D eigenvalue weighted by atomic mass is 32.2. The predicted octanol–water partition coefficient (Wildman–Crippen LogP) is 2.51. The van der Waals surface area contributed by atoms with Crippen molar-refractivity contribution >= 4 is 16.7 Å². The van der Waals surface area contributed by atoms with Gasteiger partial charge >= 0.3 is 0 Å². The van der Waals surface area contributed by atoms with E-state index in [4.69, 9.17) is 0 Å². The summed E-state index contributed by atoms with van der Waals surface area (Å²) in [4.78, 5) is 0. The van der Waals surface area contributed by atoms with Crippen molar-refractivity contribution in [3.63, 3.8) is 0 Å². The van der Waals surface area contributed by atoms with Crippen LogP contribution < -0.4 is 0 Å². The normalized spacial score (nSPS) is 13.6. The van der Waals surface area contributed by atoms with Gasteiger partial charge in [0.25, 0.3) is 0 Å². The van der Waals surface area contributed by atoms with Crippen LogP contribution in [0.5, 0.6) is 0 Å². The van der Waals surface area contributed by atoms with E-state index in [0.29, 0.717) is 10.5 Å². The Hall–Kier alpha value is -0.180. The van der Waals surface area contributed by atoms with Crippen molar-refractivity contribution in [2.24, 2.45) is 8.76 Å². The lowest BCUT2D eigenvalue weighted by molar-refractivity contribution is 0.987. The molecule has 0 fully saturated rings. The minimum atomic E-state index is -1.48. The molecule has 2 nitrogen and oxygen atoms in total. The quantitative estimate of drug-likeness (QED) is 0.520. The lowest BCUT2D eigenvalue weighted by atomic mass is 10.5. The molecule has 0 unspecified atom stereocenters. The van der Waals surface area contributed by atoms with Gasteiger partial charge in [-0.05, 0) is 13.6 Å². The van der Waals surface area contributed by atoms with E-state index in [-0.39, 0.29) is 0 Å². The van der Waals surface area contributed by atoms with Gasteiger partial charge in [-0.25, -0.2) is 4.40 Å². The zero-order chi connectivity index (χ0) is 9.78. The average Bonchev–Trinajstić information content (AvgIpc) is 1.98. The lowest BCUT2D eigenvalue weighted by Gasteiger charge is -2.33. The molecule has 0 N–H and O–H groups in total. The van der Waals surface area contributed by atoms with Crippen LogP contribution in [0.1, 0.15) is 34.6 Å². The van der Waals surface area contributed by atoms with Gasteiger partial charge in [0.2, 0.25) is 0 Å². The smallest absolute Gasteiger partial charge is 0.0428 e. The summed E-state index contributed by atoms with van der Waals surface area (Å²) in [6.07, 6.45) is 0. The summed E-state index contributed by atoms with van der Waals surface area (Å²) < 4.78 is 8.96. The van der Waals surface area contributed by atoms with Crippen molar-refractivity contribution in [3.05, 3.63) is 0 Å². The molecule has 0 amide bonds. The Bertz CT molecular complexity index is 183. The first-order valence-corrected chi connectivity index (χ1v) is 6.40. The standard InChI is InChI=1S/C9H22N2S/c1-7-11-12(10-6,8(2)3)9(4)5/h8-9,12H,6-7H2,1-5H3. The summed E-state index contributed by atoms with van der Waals surface area (Å²) in [5, 5.41) is 1.07. The Morgan fingerprint density at radius 1 is 1.17 bits per heavy atom. The van der Waals surface area contributed by atoms with Gasteiger partial charge in [-0.1, -0.05) is 27.7 Å². The van der Waals surface area contributed by atoms with E-state index in [1.165, 1.54) is 0 Å². The Balaban J connectivity index is 5.04. The molecule has 3 heteroatoms. The maximum Gasteiger partial charge on any atom is 0.0428 e. The fourth-order valence-electron chi connectivity index (χ4n) is 1.52. The van der Waals surface area contributed by atoms with Crippen molar-refractivity contribution in [1.29, 1.82) is 0 Å². The Kier molecular flexibility index (Phi) is 4.68. The number of hydrogen-bond donors (Lipinski definition) is 1. The number of hydrogen-bond acceptors (Lipinski definition) is 1. The summed E-state index contributed by atoms with van der Waals surface area (Å²) in [5.41, 5.74) is 0. The Morgan fingerprint density at radius 3 is 1.67 bits per heavy atom. The van der Waals surface area contributed by atoms with Gasteiger partial charge in [-0.2, -0.15) is 0 Å². The van der Waals surface area contributed by atoms with Crippen LogP contribution in [0.3, 0.4) is 0 Å². The molecule has 0 rings (SSSR count). The van der Waals surface area contributed by atoms with Crippen LogP contribution in [0.15, 0.2) is 8.76 Å². The summed E-state index contributed by atoms with van der Waals surface area (Å²) in [5.74, 6) is 0. The van der Waals surface area contributed by atoms with Crippen LogP contribution in [-0.4, -0.2) is 23.8 Å². The molecule has 74 valence electrons. The molecule has 0 bridgehead atoms. The molecule has 0 aliphatic carbocycles. The van der Waals surface area contributed by atoms with Gasteiger partial charge in [0, 0.05) is 17.0 Å². The largest absolute Gasteiger partial charge is 0.267 e. The molecular formula is C9H22N2S. The number of rotatable bonds is 4. The van der Waals surface area contributed by atoms with E-state index in [0.717, 1.165) is 6.54 Å². The first-order valence-electron chi connectivity index (χ1n) is 4.57. The lowest BCUT2D eigenvalue weighted by Crippen LogP contribution is -2.29. The van der Waals surface area contributed by atoms with Gasteiger partial charge in [-0.3, -0.25) is 4.36 Å². The molecule has 0 aromatic rings. The maximum atomic E-state index is 4.66. The van der Waals surface area contributed by atoms with Crippen LogP contribution in [0.25, 0.3) is 0 Å². The molecule has 0 aliphatic rings. The summed E-state index contributed by atoms with van der Waals surface area (Å²) in [6.45, 7) is 15.4. The molecule has 12 heavy (non-hydrogen) atoms. The molecule has 0 spiro atoms. The summed E-state index contributed by atoms with van der Waals surface area (Å²) in [6, 6.07) is 0. The minimum Gasteiger partial charge on any atom is -0.267 e. The van der Waals surface area contributed by atoms with Gasteiger partial charge in [0.05, 0.1) is 0 Å². The molecule has 0 aromatic heterocycles. The molecular weight excluding hydrogens is 168 g/mol. The topological polar surface area (TPSA) is 24.7 Å². The second-order valence-corrected chi connectivity index (χ2v) is 7.52. The molecule has 0 atom stereocenters. The van der Waals surface area contributed by atoms with Crippen molar-refractivity contribution < 1.29 is 0 Å². The van der Waals surface area contributed by atoms with Gasteiger partial charge < -0.3 is 0 Å². The summed E-state index contributed by atoms with van der Waals surface area (Å²) in [7, 11) is -1.48. The zero-order valence-electron chi connectivity index (χ0n) is 8.91. The highest BCUT2D eigenvalue weighted by Gasteiger charge is 2.19. The maximum absolute atomic E-state index is 4.66. The molecule has 0 saturated heterocycles. The summed E-state index contributed by atoms with van der Waals surface area (Å²) >= 11 is 0. The van der Waals surface area contributed by atoms with Gasteiger partial charge in [0.15, 0.2) is 0 Å². The molecule has 0 saturated carbocycles. The first-order chi connectivity index (χ1) is 5.51. The zero-order valence-corrected chi connectivity index (χ0v) is 9.80. The molecule has 0 radical (unpaired) electrons. The second-order valence-electron chi connectivity index (χ2n) is 3.49. The third-order valence-corrected chi connectivity index (χ3v) is 6.34. The van der Waals surface area contributed by atoms with E-state index in [2.05, 4.69) is 50.1 Å². The molecule has 0 aliphatic heterocycles. The van der Waals surface area contributed by atoms with E-state index in [1.807, 2.05) is 0 Å². The second kappa shape index (κ2) is 4.75. The van der Waals surface area contributed by atoms with E-state index < -0.39 is 10.0 Å². The SMILES string of the molecule is C=N[SH](=NCC)(C(C)C)C(C)C. The third kappa shape index (κ3) is 2.16. The van der Waals surface area contributed by atoms with Crippen molar-refractivity contribution in [3.8, 4) is 0 Å². The molecule has 0 aromatic carbocycles. The van der Waals surface area contributed by atoms with Gasteiger partial charge in [-0.15, -0.1) is 10.0 Å². The van der Waals surface area contributed by atoms with Crippen LogP contribution in [-0.2, 0) is 10.0 Å². The van der Waals surface area contributed by atoms with Crippen LogP contribution >= 0.6 is 0 Å². The van der Waals surface area contributed by atoms with Crippen LogP contribution in [0, 0.1) is 0 Å². The van der Waals surface area contributed by atoms with Crippen molar-refractivity contribution in [2.45, 2.75) is 45.1 Å². The van der Waals surface area contributed by atoms with Crippen LogP contribution in [0.2, 0.25) is 0 Å². The Morgan fingerprint density at radius 2 is 1.58 bits per heavy atom. The number of thiol groups is 1. The minimum absolute atomic E-state index is 0.537. The average molecular weight is 190 g/mol. The highest BCUT2D eigenvalue weighted by Crippen LogP contribution is 2.23. The first kappa shape index (κ1) is 11.8. The van der Waals surface area contributed by atoms with Crippen molar-refractivity contribution in [1.82, 2.24) is 0 Å². The monoisotopic (exact) mass is 190 g/mol. The van der Waals surface area contributed by atoms with E-state index >= 15 is 0 Å². The molecule has 0 heterocycles. The number of nitrogens with zero attached hydrogens (tertiary/aromatic N) is 2. The van der Waals surface area contributed by atoms with Crippen molar-refractivity contribution in [2.75, 3.05) is 6.54 Å². The van der Waals surface area contributed by atoms with E-state index in [1.54, 1.807) is 0 Å². The fourth-order valence-corrected chi connectivity index (χ4v) is 4.56. The van der Waals surface area contributed by atoms with Gasteiger partial charge in [0.1, 0.15) is 0 Å². The highest BCUT2D eigenvalue weighted by molar-refractivity contribution is 8.05.